The third kappa shape index (κ3) is 2.01. The Hall–Kier alpha value is -0.620. The molecule has 1 aromatic rings. The fraction of sp³-hybridized carbons (Fsp3) is 0.444. The molecule has 0 saturated carbocycles. The maximum absolute atomic E-state index is 11.7. The molecule has 0 aliphatic carbocycles. The Labute approximate surface area is 97.5 Å². The van der Waals surface area contributed by atoms with Gasteiger partial charge in [-0.15, -0.1) is 0 Å². The standard InChI is InChI=1S/C9H11BrN2O2S/c1-7-5-8(10)6-11-9(7)12-3-2-4-15(12,13)14/h5-6H,2-4H2,1H3. The van der Waals surface area contributed by atoms with Gasteiger partial charge in [0.1, 0.15) is 5.82 Å². The second kappa shape index (κ2) is 3.75. The number of halogens is 1. The van der Waals surface area contributed by atoms with E-state index in [1.54, 1.807) is 6.20 Å². The van der Waals surface area contributed by atoms with Crippen molar-refractivity contribution in [2.45, 2.75) is 13.3 Å². The van der Waals surface area contributed by atoms with Gasteiger partial charge < -0.3 is 0 Å². The van der Waals surface area contributed by atoms with Crippen LogP contribution < -0.4 is 4.31 Å². The first kappa shape index (κ1) is 10.9. The molecule has 1 aliphatic rings. The van der Waals surface area contributed by atoms with Crippen molar-refractivity contribution in [3.05, 3.63) is 22.3 Å². The molecule has 2 rings (SSSR count). The first-order valence-corrected chi connectivity index (χ1v) is 7.03. The van der Waals surface area contributed by atoms with Gasteiger partial charge in [-0.2, -0.15) is 0 Å². The fourth-order valence-electron chi connectivity index (χ4n) is 1.67. The summed E-state index contributed by atoms with van der Waals surface area (Å²) in [4.78, 5) is 4.16. The van der Waals surface area contributed by atoms with Crippen molar-refractivity contribution in [3.63, 3.8) is 0 Å². The van der Waals surface area contributed by atoms with Crippen LogP contribution in [0.5, 0.6) is 0 Å². The van der Waals surface area contributed by atoms with Crippen molar-refractivity contribution in [3.8, 4) is 0 Å². The number of aromatic nitrogens is 1. The van der Waals surface area contributed by atoms with Gasteiger partial charge in [0.15, 0.2) is 0 Å². The molecule has 0 spiro atoms. The van der Waals surface area contributed by atoms with Crippen LogP contribution in [0.15, 0.2) is 16.7 Å². The molecule has 1 saturated heterocycles. The van der Waals surface area contributed by atoms with Gasteiger partial charge >= 0.3 is 0 Å². The number of anilines is 1. The molecule has 0 atom stereocenters. The summed E-state index contributed by atoms with van der Waals surface area (Å²) in [5.74, 6) is 0.778. The van der Waals surface area contributed by atoms with Gasteiger partial charge in [-0.1, -0.05) is 0 Å². The lowest BCUT2D eigenvalue weighted by molar-refractivity contribution is 0.599. The number of hydrogen-bond acceptors (Lipinski definition) is 3. The van der Waals surface area contributed by atoms with Crippen LogP contribution in [0.3, 0.4) is 0 Å². The van der Waals surface area contributed by atoms with Crippen LogP contribution in [0, 0.1) is 6.92 Å². The van der Waals surface area contributed by atoms with Crippen LogP contribution in [0.4, 0.5) is 5.82 Å². The molecule has 0 N–H and O–H groups in total. The zero-order valence-corrected chi connectivity index (χ0v) is 10.7. The van der Waals surface area contributed by atoms with Gasteiger partial charge in [0.25, 0.3) is 0 Å². The first-order chi connectivity index (χ1) is 7.00. The monoisotopic (exact) mass is 290 g/mol. The van der Waals surface area contributed by atoms with Crippen molar-refractivity contribution in [1.29, 1.82) is 0 Å². The van der Waals surface area contributed by atoms with Gasteiger partial charge in [-0.05, 0) is 40.9 Å². The highest BCUT2D eigenvalue weighted by molar-refractivity contribution is 9.10. The van der Waals surface area contributed by atoms with Gasteiger partial charge in [-0.25, -0.2) is 13.4 Å². The van der Waals surface area contributed by atoms with Gasteiger partial charge in [0.05, 0.1) is 5.75 Å². The Morgan fingerprint density at radius 3 is 2.80 bits per heavy atom. The SMILES string of the molecule is Cc1cc(Br)cnc1N1CCCS1(=O)=O. The number of pyridine rings is 1. The summed E-state index contributed by atoms with van der Waals surface area (Å²) in [7, 11) is -3.12. The fourth-order valence-corrected chi connectivity index (χ4v) is 3.69. The Morgan fingerprint density at radius 2 is 2.27 bits per heavy atom. The molecule has 1 aliphatic heterocycles. The molecule has 0 unspecified atom stereocenters. The molecule has 82 valence electrons. The highest BCUT2D eigenvalue weighted by Gasteiger charge is 2.30. The largest absolute Gasteiger partial charge is 0.253 e. The smallest absolute Gasteiger partial charge is 0.236 e. The van der Waals surface area contributed by atoms with E-state index in [9.17, 15) is 8.42 Å². The maximum Gasteiger partial charge on any atom is 0.236 e. The Balaban J connectivity index is 2.46. The molecule has 0 aromatic carbocycles. The van der Waals surface area contributed by atoms with Crippen LogP contribution in [0.25, 0.3) is 0 Å². The minimum atomic E-state index is -3.12. The van der Waals surface area contributed by atoms with E-state index in [1.165, 1.54) is 4.31 Å². The molecular formula is C9H11BrN2O2S. The molecule has 1 aromatic heterocycles. The molecular weight excluding hydrogens is 280 g/mol. The molecule has 0 amide bonds. The normalized spacial score (nSPS) is 19.5. The second-order valence-electron chi connectivity index (χ2n) is 3.54. The first-order valence-electron chi connectivity index (χ1n) is 4.63. The van der Waals surface area contributed by atoms with Crippen molar-refractivity contribution < 1.29 is 8.42 Å². The van der Waals surface area contributed by atoms with E-state index < -0.39 is 10.0 Å². The summed E-state index contributed by atoms with van der Waals surface area (Å²) in [6.45, 7) is 2.40. The predicted molar refractivity (Wildman–Crippen MR) is 62.4 cm³/mol. The van der Waals surface area contributed by atoms with E-state index in [1.807, 2.05) is 13.0 Å². The number of hydrogen-bond donors (Lipinski definition) is 0. The minimum absolute atomic E-state index is 0.226. The zero-order chi connectivity index (χ0) is 11.1. The van der Waals surface area contributed by atoms with E-state index in [-0.39, 0.29) is 5.75 Å². The summed E-state index contributed by atoms with van der Waals surface area (Å²) in [5, 5.41) is 0. The summed E-state index contributed by atoms with van der Waals surface area (Å²) in [6, 6.07) is 1.87. The lowest BCUT2D eigenvalue weighted by Crippen LogP contribution is -2.26. The average Bonchev–Trinajstić information content (AvgIpc) is 2.46. The van der Waals surface area contributed by atoms with Crippen LogP contribution in [-0.2, 0) is 10.0 Å². The molecule has 0 bridgehead atoms. The lowest BCUT2D eigenvalue weighted by atomic mass is 10.3. The number of rotatable bonds is 1. The number of aryl methyl sites for hydroxylation is 1. The van der Waals surface area contributed by atoms with Crippen LogP contribution in [-0.4, -0.2) is 25.7 Å². The topological polar surface area (TPSA) is 50.3 Å². The van der Waals surface area contributed by atoms with E-state index in [2.05, 4.69) is 20.9 Å². The highest BCUT2D eigenvalue weighted by Crippen LogP contribution is 2.26. The molecule has 1 fully saturated rings. The van der Waals surface area contributed by atoms with Crippen molar-refractivity contribution >= 4 is 31.8 Å². The van der Waals surface area contributed by atoms with E-state index >= 15 is 0 Å². The van der Waals surface area contributed by atoms with Crippen molar-refractivity contribution in [2.75, 3.05) is 16.6 Å². The zero-order valence-electron chi connectivity index (χ0n) is 8.27. The molecule has 4 nitrogen and oxygen atoms in total. The van der Waals surface area contributed by atoms with Crippen LogP contribution in [0.1, 0.15) is 12.0 Å². The van der Waals surface area contributed by atoms with Gasteiger partial charge in [0.2, 0.25) is 10.0 Å². The maximum atomic E-state index is 11.7. The van der Waals surface area contributed by atoms with E-state index in [0.717, 1.165) is 10.0 Å². The van der Waals surface area contributed by atoms with Gasteiger partial charge in [-0.3, -0.25) is 4.31 Å². The van der Waals surface area contributed by atoms with Gasteiger partial charge in [0, 0.05) is 17.2 Å². The molecule has 6 heteroatoms. The van der Waals surface area contributed by atoms with E-state index in [0.29, 0.717) is 18.8 Å². The highest BCUT2D eigenvalue weighted by atomic mass is 79.9. The van der Waals surface area contributed by atoms with E-state index in [4.69, 9.17) is 0 Å². The van der Waals surface area contributed by atoms with Crippen molar-refractivity contribution in [2.24, 2.45) is 0 Å². The molecule has 2 heterocycles. The Kier molecular flexibility index (Phi) is 2.72. The summed E-state index contributed by atoms with van der Waals surface area (Å²) in [5.41, 5.74) is 0.870. The Bertz CT molecular complexity index is 487. The third-order valence-corrected chi connectivity index (χ3v) is 4.62. The molecule has 15 heavy (non-hydrogen) atoms. The van der Waals surface area contributed by atoms with Crippen LogP contribution >= 0.6 is 15.9 Å². The average molecular weight is 291 g/mol. The molecule has 0 radical (unpaired) electrons. The minimum Gasteiger partial charge on any atom is -0.253 e. The number of sulfonamides is 1. The van der Waals surface area contributed by atoms with Crippen molar-refractivity contribution in [1.82, 2.24) is 4.98 Å². The lowest BCUT2D eigenvalue weighted by Gasteiger charge is -2.17. The number of nitrogens with zero attached hydrogens (tertiary/aromatic N) is 2. The summed E-state index contributed by atoms with van der Waals surface area (Å²) < 4.78 is 25.6. The Morgan fingerprint density at radius 1 is 1.53 bits per heavy atom. The predicted octanol–water partition coefficient (Wildman–Crippen LogP) is 1.69. The third-order valence-electron chi connectivity index (χ3n) is 2.35. The second-order valence-corrected chi connectivity index (χ2v) is 6.46. The summed E-state index contributed by atoms with van der Waals surface area (Å²) in [6.07, 6.45) is 2.30. The quantitative estimate of drug-likeness (QED) is 0.791. The summed E-state index contributed by atoms with van der Waals surface area (Å²) >= 11 is 3.30. The van der Waals surface area contributed by atoms with Crippen LogP contribution in [0.2, 0.25) is 0 Å².